The van der Waals surface area contributed by atoms with E-state index in [0.29, 0.717) is 0 Å². The maximum absolute atomic E-state index is 11.0. The van der Waals surface area contributed by atoms with Crippen LogP contribution in [0.1, 0.15) is 13.7 Å². The molecule has 0 atom stereocenters. The zero-order valence-corrected chi connectivity index (χ0v) is 20.3. The van der Waals surface area contributed by atoms with Crippen molar-refractivity contribution in [3.05, 3.63) is 114 Å². The van der Waals surface area contributed by atoms with Gasteiger partial charge in [0.05, 0.1) is 8.22 Å². The number of hydrazine groups is 3. The Morgan fingerprint density at radius 2 is 0.861 bits per heavy atom. The van der Waals surface area contributed by atoms with Gasteiger partial charge in [-0.2, -0.15) is 13.7 Å². The monoisotopic (exact) mass is 511 g/mol. The Morgan fingerprint density at radius 3 is 1.17 bits per heavy atom. The number of nitrogens with one attached hydrogen (secondary N) is 3. The van der Waals surface area contributed by atoms with Crippen LogP contribution in [0.5, 0.6) is 0 Å². The van der Waals surface area contributed by atoms with Gasteiger partial charge in [0.25, 0.3) is 17.7 Å². The van der Waals surface area contributed by atoms with Gasteiger partial charge in [-0.15, -0.1) is 0 Å². The minimum absolute atomic E-state index is 0. The Hall–Kier alpha value is -4.26. The minimum atomic E-state index is -0.650. The van der Waals surface area contributed by atoms with Gasteiger partial charge in [-0.25, -0.2) is 17.5 Å². The molecule has 36 heavy (non-hydrogen) atoms. The lowest BCUT2D eigenvalue weighted by Gasteiger charge is -1.93. The molecule has 0 spiro atoms. The summed E-state index contributed by atoms with van der Waals surface area (Å²) in [4.78, 5) is 32.7. The maximum Gasteiger partial charge on any atom is 0.299 e. The van der Waals surface area contributed by atoms with Crippen LogP contribution < -0.4 is 47.5 Å². The zero-order valence-electron chi connectivity index (χ0n) is 30.3. The Bertz CT molecular complexity index is 1340. The molecule has 0 aliphatic carbocycles. The van der Waals surface area contributed by atoms with Crippen molar-refractivity contribution in [2.24, 2.45) is 17.5 Å². The van der Waals surface area contributed by atoms with Gasteiger partial charge in [-0.05, 0) is 0 Å². The third kappa shape index (κ3) is 17.2. The van der Waals surface area contributed by atoms with Crippen LogP contribution in [0.4, 0.5) is 0 Å². The number of hydrogen-bond donors (Lipinski definition) is 6. The zero-order chi connectivity index (χ0) is 33.0. The van der Waals surface area contributed by atoms with Gasteiger partial charge < -0.3 is 22.3 Å². The molecule has 12 nitrogen and oxygen atoms in total. The molecule has 0 aromatic carbocycles. The van der Waals surface area contributed by atoms with Crippen molar-refractivity contribution in [3.8, 4) is 0 Å². The van der Waals surface area contributed by atoms with Crippen molar-refractivity contribution in [1.82, 2.24) is 16.3 Å². The second kappa shape index (κ2) is 22.5. The predicted octanol–water partition coefficient (Wildman–Crippen LogP) is -1.76. The van der Waals surface area contributed by atoms with E-state index in [9.17, 15) is 14.4 Å². The largest absolute Gasteiger partial charge is 0.358 e. The van der Waals surface area contributed by atoms with E-state index in [1.54, 1.807) is 17.0 Å². The third-order valence-electron chi connectivity index (χ3n) is 3.20. The van der Waals surface area contributed by atoms with Gasteiger partial charge >= 0.3 is 0 Å². The first-order valence-electron chi connectivity index (χ1n) is 14.0. The van der Waals surface area contributed by atoms with E-state index in [1.807, 2.05) is 29.1 Å². The molecule has 9 N–H and O–H groups in total. The summed E-state index contributed by atoms with van der Waals surface area (Å²) in [5.41, 5.74) is 5.71. The number of carbonyl (C=O) groups is 3. The fourth-order valence-corrected chi connectivity index (χ4v) is 1.79. The fraction of sp³-hybridized carbons (Fsp3) is 0.125. The van der Waals surface area contributed by atoms with E-state index < -0.39 is 85.8 Å². The molecular weight excluding hydrogens is 462 g/mol. The van der Waals surface area contributed by atoms with E-state index in [-0.39, 0.29) is 34.7 Å². The van der Waals surface area contributed by atoms with Gasteiger partial charge in [0, 0.05) is 36.3 Å². The van der Waals surface area contributed by atoms with E-state index >= 15 is 0 Å². The molecule has 0 saturated carbocycles. The number of nitrogens with two attached hydrogens (primary N) is 3. The highest BCUT2D eigenvalue weighted by Gasteiger charge is 2.05. The maximum atomic E-state index is 11.0. The summed E-state index contributed by atoms with van der Waals surface area (Å²) < 4.78 is 77.3. The molecule has 3 rings (SSSR count). The van der Waals surface area contributed by atoms with E-state index in [0.717, 1.165) is 9.13 Å². The van der Waals surface area contributed by atoms with Crippen molar-refractivity contribution in [3.63, 3.8) is 0 Å². The second-order valence-corrected chi connectivity index (χ2v) is 5.62. The lowest BCUT2D eigenvalue weighted by molar-refractivity contribution is -0.684. The Morgan fingerprint density at radius 1 is 0.556 bits per heavy atom. The molecule has 3 aromatic rings. The van der Waals surface area contributed by atoms with Crippen LogP contribution in [0.2, 0.25) is 0 Å². The normalized spacial score (nSPS) is 12.3. The van der Waals surface area contributed by atoms with Gasteiger partial charge in [-0.1, -0.05) is 18.2 Å². The Labute approximate surface area is 227 Å². The number of carbonyl (C=O) groups excluding carboxylic acids is 3. The average molecular weight is 512 g/mol. The van der Waals surface area contributed by atoms with Crippen LogP contribution in [-0.4, -0.2) is 17.7 Å². The lowest BCUT2D eigenvalue weighted by atomic mass is 10.4. The van der Waals surface area contributed by atoms with Crippen LogP contribution in [0.3, 0.4) is 0 Å². The topological polar surface area (TPSA) is 177 Å². The summed E-state index contributed by atoms with van der Waals surface area (Å²) in [6, 6.07) is 2.61. The molecule has 0 bridgehead atoms. The van der Waals surface area contributed by atoms with E-state index in [2.05, 4.69) is 5.43 Å². The molecule has 0 aliphatic rings. The Kier molecular flexibility index (Phi) is 12.5. The van der Waals surface area contributed by atoms with Crippen LogP contribution in [0, 0.1) is 22.3 Å². The highest BCUT2D eigenvalue weighted by molar-refractivity contribution is 5.74. The molecule has 3 aromatic heterocycles. The SMILES string of the molecule is NNC(=O)C[n+]1ccccc1.[2H]c1c([2H])c([2H])[n+](CC(=O)NN)c([2H])c1[2H].[2H]c1c([2H])c([2H])[n+](CC(=O)NN)c([2H])c1[2H].[CH3-].[CH3-].[CH3-]. The summed E-state index contributed by atoms with van der Waals surface area (Å²) in [6.45, 7) is -0.588. The Balaban J connectivity index is -0.000000594. The first-order valence-corrected chi connectivity index (χ1v) is 8.98. The van der Waals surface area contributed by atoms with Crippen molar-refractivity contribution in [2.45, 2.75) is 19.6 Å². The molecule has 3 amide bonds. The third-order valence-corrected chi connectivity index (χ3v) is 3.20. The number of amides is 3. The van der Waals surface area contributed by atoms with Crippen molar-refractivity contribution < 1.29 is 41.8 Å². The molecule has 0 fully saturated rings. The predicted molar refractivity (Wildman–Crippen MR) is 136 cm³/mol. The summed E-state index contributed by atoms with van der Waals surface area (Å²) in [7, 11) is 0. The van der Waals surface area contributed by atoms with E-state index in [4.69, 9.17) is 31.2 Å². The first-order chi connectivity index (χ1) is 20.1. The summed E-state index contributed by atoms with van der Waals surface area (Å²) >= 11 is 0. The van der Waals surface area contributed by atoms with Crippen LogP contribution >= 0.6 is 0 Å². The molecule has 3 heterocycles. The van der Waals surface area contributed by atoms with Gasteiger partial charge in [0.1, 0.15) is 5.48 Å². The van der Waals surface area contributed by atoms with Crippen LogP contribution in [-0.2, 0) is 34.0 Å². The number of hydrogen-bond acceptors (Lipinski definition) is 6. The quantitative estimate of drug-likeness (QED) is 0.0751. The number of rotatable bonds is 6. The van der Waals surface area contributed by atoms with Crippen LogP contribution in [0.15, 0.2) is 91.5 Å². The van der Waals surface area contributed by atoms with Crippen molar-refractivity contribution in [2.75, 3.05) is 0 Å². The highest BCUT2D eigenvalue weighted by Crippen LogP contribution is 1.77. The fourth-order valence-electron chi connectivity index (χ4n) is 1.79. The molecule has 0 unspecified atom stereocenters. The van der Waals surface area contributed by atoms with Gasteiger partial charge in [0.15, 0.2) is 37.1 Å². The molecule has 0 aliphatic heterocycles. The van der Waals surface area contributed by atoms with Gasteiger partial charge in [0.2, 0.25) is 19.6 Å². The summed E-state index contributed by atoms with van der Waals surface area (Å²) in [5, 5.41) is 0. The molecule has 0 saturated heterocycles. The van der Waals surface area contributed by atoms with Crippen LogP contribution in [0.25, 0.3) is 0 Å². The van der Waals surface area contributed by atoms with Gasteiger partial charge in [-0.3, -0.25) is 30.7 Å². The number of nitrogens with zero attached hydrogens (tertiary/aromatic N) is 3. The summed E-state index contributed by atoms with van der Waals surface area (Å²) in [5.74, 6) is 13.1. The smallest absolute Gasteiger partial charge is 0.299 e. The second-order valence-electron chi connectivity index (χ2n) is 5.62. The van der Waals surface area contributed by atoms with E-state index in [1.165, 1.54) is 0 Å². The lowest BCUT2D eigenvalue weighted by Crippen LogP contribution is -2.44. The highest BCUT2D eigenvalue weighted by atomic mass is 16.2. The number of pyridine rings is 3. The number of aromatic nitrogens is 3. The molecule has 198 valence electrons. The minimum Gasteiger partial charge on any atom is -0.358 e. The van der Waals surface area contributed by atoms with Crippen molar-refractivity contribution in [1.29, 1.82) is 0 Å². The first kappa shape index (κ1) is 20.0. The standard InChI is InChI=1S/3C7H9N3O.3CH3/c3*8-9-7(11)6-10-4-2-1-3-5-10;;;/h3*1-5H,6,8H2;3*1H3/q;;;3*-1/p+3/i2*1D,2D,3D,4D,5D;;;;. The molecule has 0 radical (unpaired) electrons. The molecular formula is C24H39N9O3. The molecule has 12 heteroatoms. The average Bonchev–Trinajstić information content (AvgIpc) is 3.02. The summed E-state index contributed by atoms with van der Waals surface area (Å²) in [6.07, 6.45) is 1.75. The van der Waals surface area contributed by atoms with Crippen molar-refractivity contribution >= 4 is 17.7 Å².